The van der Waals surface area contributed by atoms with E-state index in [1.165, 1.54) is 69.4 Å². The summed E-state index contributed by atoms with van der Waals surface area (Å²) < 4.78 is 10.7. The first kappa shape index (κ1) is 77.0. The Bertz CT molecular complexity index is 5270. The normalized spacial score (nSPS) is 13.8. The Hall–Kier alpha value is -12.1. The number of carbonyl (C=O) groups excluding carboxylic acids is 3. The van der Waals surface area contributed by atoms with Crippen LogP contribution in [-0.4, -0.2) is 96.0 Å². The van der Waals surface area contributed by atoms with Gasteiger partial charge in [-0.15, -0.1) is 0 Å². The first-order chi connectivity index (χ1) is 52.5. The van der Waals surface area contributed by atoms with Crippen LogP contribution >= 0.6 is 11.6 Å². The predicted molar refractivity (Wildman–Crippen MR) is 417 cm³/mol. The van der Waals surface area contributed by atoms with E-state index in [1.54, 1.807) is 74.0 Å². The number of hydrogen-bond acceptors (Lipinski definition) is 17. The summed E-state index contributed by atoms with van der Waals surface area (Å²) in [6, 6.07) is 53.9. The summed E-state index contributed by atoms with van der Waals surface area (Å²) in [6.07, 6.45) is 23.2. The molecule has 15 rings (SSSR count). The summed E-state index contributed by atoms with van der Waals surface area (Å²) in [5.41, 5.74) is 7.91. The molecule has 3 saturated carbocycles. The molecular weight excluding hydrogens is 1390 g/mol. The maximum Gasteiger partial charge on any atom is 0.347 e. The van der Waals surface area contributed by atoms with Crippen LogP contribution < -0.4 is 38.6 Å². The second-order valence-corrected chi connectivity index (χ2v) is 27.1. The standard InChI is InChI=1S/2C22H23N3O3.C18H16N2O4.C16H10ClN3O.C6H13N/c2*26-19-17-12-7-13-23-20(17)25(14-15-8-3-1-4-9-15)22(28)18(19)21(27)24-16-10-5-2-6-11-16;1-2-24-18(23)14-15(21)13-9-6-10-19-16(13)20(17(14)22)11-12-7-4-3-5-8-12;17-14-12-7-4-8-19-15(12)20(16(21)13(14)9-18)10-11-5-2-1-3-6-11;7-6-4-2-1-3-5-6/h2*1,3-4,7-9,12-13,16,26H,2,5-6,10-11,14H2,(H,24,27);3-10,21H,2,11H2,1H3;1-8H,10H2;6H,1-5,7H2. The van der Waals surface area contributed by atoms with Crippen LogP contribution in [-0.2, 0) is 30.9 Å². The van der Waals surface area contributed by atoms with Gasteiger partial charge in [0.15, 0.2) is 5.56 Å². The molecule has 23 nitrogen and oxygen atoms in total. The zero-order chi connectivity index (χ0) is 76.1. The Labute approximate surface area is 627 Å². The summed E-state index contributed by atoms with van der Waals surface area (Å²) in [5.74, 6) is -2.86. The first-order valence-corrected chi connectivity index (χ1v) is 36.8. The van der Waals surface area contributed by atoms with Crippen LogP contribution in [0.25, 0.3) is 44.1 Å². The summed E-state index contributed by atoms with van der Waals surface area (Å²) in [4.78, 5) is 107. The largest absolute Gasteiger partial charge is 0.506 e. The fourth-order valence-electron chi connectivity index (χ4n) is 13.7. The number of aromatic hydroxyl groups is 3. The van der Waals surface area contributed by atoms with Gasteiger partial charge in [0.2, 0.25) is 0 Å². The van der Waals surface area contributed by atoms with Crippen LogP contribution in [0.4, 0.5) is 0 Å². The lowest BCUT2D eigenvalue weighted by molar-refractivity contribution is 0.0520. The zero-order valence-electron chi connectivity index (χ0n) is 59.9. The van der Waals surface area contributed by atoms with E-state index in [-0.39, 0.29) is 77.1 Å². The third-order valence-corrected chi connectivity index (χ3v) is 19.6. The second-order valence-electron chi connectivity index (χ2n) is 26.7. The number of aromatic nitrogens is 8. The third kappa shape index (κ3) is 18.6. The van der Waals surface area contributed by atoms with Crippen molar-refractivity contribution in [3.63, 3.8) is 0 Å². The van der Waals surface area contributed by atoms with E-state index in [1.807, 2.05) is 127 Å². The lowest BCUT2D eigenvalue weighted by atomic mass is 9.95. The molecule has 0 unspecified atom stereocenters. The maximum atomic E-state index is 13.2. The number of hydrogen-bond donors (Lipinski definition) is 6. The van der Waals surface area contributed by atoms with Crippen LogP contribution in [0.5, 0.6) is 17.2 Å². The van der Waals surface area contributed by atoms with Gasteiger partial charge in [-0.05, 0) is 116 Å². The minimum Gasteiger partial charge on any atom is -0.506 e. The molecule has 3 aliphatic carbocycles. The number of benzene rings is 4. The fourth-order valence-corrected chi connectivity index (χ4v) is 14.0. The van der Waals surface area contributed by atoms with Gasteiger partial charge >= 0.3 is 5.97 Å². The highest BCUT2D eigenvalue weighted by atomic mass is 35.5. The number of nitrogens with zero attached hydrogens (tertiary/aromatic N) is 9. The SMILES string of the molecule is CCOC(=O)c1c(O)c2cccnc2n(Cc2ccccc2)c1=O.N#Cc1c(Cl)c2cccnc2n(Cc2ccccc2)c1=O.NC1CCCCC1.O=C(NC1CCCCC1)c1c(O)c2cccnc2n(Cc2ccccc2)c1=O.O=C(NC1CCCCC1)c1c(O)c2cccnc2n(Cc2ccccc2)c1=O. The number of amides is 2. The molecule has 0 bridgehead atoms. The van der Waals surface area contributed by atoms with Gasteiger partial charge in [-0.25, -0.2) is 24.7 Å². The molecule has 554 valence electrons. The number of pyridine rings is 8. The van der Waals surface area contributed by atoms with Gasteiger partial charge in [-0.1, -0.05) is 191 Å². The highest BCUT2D eigenvalue weighted by Gasteiger charge is 2.29. The van der Waals surface area contributed by atoms with Gasteiger partial charge in [-0.2, -0.15) is 5.26 Å². The molecule has 24 heteroatoms. The molecular formula is C84H85ClN12O11. The fraction of sp³-hybridized carbons (Fsp3) is 0.286. The lowest BCUT2D eigenvalue weighted by Crippen LogP contribution is -2.40. The number of esters is 1. The molecule has 0 spiro atoms. The number of nitrogens with one attached hydrogen (secondary N) is 2. The van der Waals surface area contributed by atoms with Gasteiger partial charge < -0.3 is 36.4 Å². The number of nitrogens with two attached hydrogens (primary N) is 1. The lowest BCUT2D eigenvalue weighted by Gasteiger charge is -2.23. The van der Waals surface area contributed by atoms with E-state index in [2.05, 4.69) is 30.6 Å². The van der Waals surface area contributed by atoms with E-state index in [0.29, 0.717) is 56.7 Å². The number of nitriles is 1. The Morgan fingerprint density at radius 2 is 0.741 bits per heavy atom. The van der Waals surface area contributed by atoms with Gasteiger partial charge in [-0.3, -0.25) is 47.0 Å². The molecule has 3 fully saturated rings. The zero-order valence-corrected chi connectivity index (χ0v) is 60.7. The number of halogens is 1. The van der Waals surface area contributed by atoms with E-state index in [9.17, 15) is 54.1 Å². The van der Waals surface area contributed by atoms with Crippen LogP contribution in [0.3, 0.4) is 0 Å². The molecule has 0 radical (unpaired) electrons. The minimum absolute atomic E-state index is 0.0481. The van der Waals surface area contributed by atoms with Crippen molar-refractivity contribution in [3.05, 3.63) is 286 Å². The molecule has 0 aliphatic heterocycles. The minimum atomic E-state index is -0.840. The number of carbonyl (C=O) groups is 3. The summed E-state index contributed by atoms with van der Waals surface area (Å²) in [5, 5.41) is 48.7. The molecule has 12 aromatic rings. The molecule has 2 amide bonds. The Morgan fingerprint density at radius 3 is 1.06 bits per heavy atom. The second kappa shape index (κ2) is 37.2. The van der Waals surface area contributed by atoms with Crippen molar-refractivity contribution < 1.29 is 34.4 Å². The van der Waals surface area contributed by atoms with Crippen molar-refractivity contribution in [2.45, 2.75) is 148 Å². The number of rotatable bonds is 14. The molecule has 0 saturated heterocycles. The molecule has 108 heavy (non-hydrogen) atoms. The third-order valence-electron chi connectivity index (χ3n) is 19.2. The summed E-state index contributed by atoms with van der Waals surface area (Å²) >= 11 is 6.15. The van der Waals surface area contributed by atoms with Crippen molar-refractivity contribution in [2.75, 3.05) is 6.61 Å². The molecule has 0 atom stereocenters. The van der Waals surface area contributed by atoms with Crippen LogP contribution in [0.15, 0.2) is 214 Å². The van der Waals surface area contributed by atoms with Crippen molar-refractivity contribution in [1.29, 1.82) is 5.26 Å². The predicted octanol–water partition coefficient (Wildman–Crippen LogP) is 13.0. The van der Waals surface area contributed by atoms with Gasteiger partial charge in [0.25, 0.3) is 34.1 Å². The Balaban J connectivity index is 0.000000139. The molecule has 8 aromatic heterocycles. The molecule has 7 N–H and O–H groups in total. The van der Waals surface area contributed by atoms with E-state index < -0.39 is 45.8 Å². The average Bonchev–Trinajstić information content (AvgIpc) is 0.672. The van der Waals surface area contributed by atoms with E-state index in [0.717, 1.165) is 73.6 Å². The average molecular weight is 1470 g/mol. The number of ether oxygens (including phenoxy) is 1. The monoisotopic (exact) mass is 1470 g/mol. The van der Waals surface area contributed by atoms with Crippen molar-refractivity contribution in [3.8, 4) is 23.3 Å². The van der Waals surface area contributed by atoms with Crippen LogP contribution in [0.1, 0.15) is 162 Å². The van der Waals surface area contributed by atoms with Gasteiger partial charge in [0, 0.05) is 48.3 Å². The summed E-state index contributed by atoms with van der Waals surface area (Å²) in [7, 11) is 0. The quantitative estimate of drug-likeness (QED) is 0.0551. The van der Waals surface area contributed by atoms with Gasteiger partial charge in [0.1, 0.15) is 62.6 Å². The Kier molecular flexibility index (Phi) is 26.5. The molecule has 8 heterocycles. The van der Waals surface area contributed by atoms with E-state index in [4.69, 9.17) is 22.1 Å². The van der Waals surface area contributed by atoms with E-state index >= 15 is 0 Å². The first-order valence-electron chi connectivity index (χ1n) is 36.4. The number of fused-ring (bicyclic) bond motifs is 4. The Morgan fingerprint density at radius 1 is 0.444 bits per heavy atom. The topological polar surface area (TPSA) is 335 Å². The van der Waals surface area contributed by atoms with Crippen molar-refractivity contribution >= 4 is 73.5 Å². The highest BCUT2D eigenvalue weighted by molar-refractivity contribution is 6.36. The van der Waals surface area contributed by atoms with Gasteiger partial charge in [0.05, 0.1) is 54.0 Å². The highest BCUT2D eigenvalue weighted by Crippen LogP contribution is 2.31. The molecule has 3 aliphatic rings. The van der Waals surface area contributed by atoms with Crippen LogP contribution in [0.2, 0.25) is 5.02 Å². The maximum absolute atomic E-state index is 13.2. The smallest absolute Gasteiger partial charge is 0.347 e. The van der Waals surface area contributed by atoms with Crippen LogP contribution in [0, 0.1) is 11.3 Å². The van der Waals surface area contributed by atoms with Crippen molar-refractivity contribution in [2.24, 2.45) is 5.73 Å². The van der Waals surface area contributed by atoms with Crippen molar-refractivity contribution in [1.82, 2.24) is 48.8 Å². The molecule has 4 aromatic carbocycles. The summed E-state index contributed by atoms with van der Waals surface area (Å²) in [6.45, 7) is 2.88.